The van der Waals surface area contributed by atoms with Crippen molar-refractivity contribution in [2.24, 2.45) is 0 Å². The Morgan fingerprint density at radius 2 is 1.83 bits per heavy atom. The van der Waals surface area contributed by atoms with Gasteiger partial charge in [0.1, 0.15) is 15.6 Å². The molecule has 12 heteroatoms. The largest absolute Gasteiger partial charge is 0.465 e. The molecule has 2 saturated heterocycles. The van der Waals surface area contributed by atoms with E-state index in [9.17, 15) is 13.2 Å². The molecule has 0 aromatic carbocycles. The highest BCUT2D eigenvalue weighted by Gasteiger charge is 2.33. The Balaban J connectivity index is 1.45. The summed E-state index contributed by atoms with van der Waals surface area (Å²) in [4.78, 5) is 25.2. The van der Waals surface area contributed by atoms with Gasteiger partial charge in [0, 0.05) is 45.5 Å². The van der Waals surface area contributed by atoms with Gasteiger partial charge in [-0.15, -0.1) is 11.3 Å². The molecule has 2 aliphatic heterocycles. The highest BCUT2D eigenvalue weighted by molar-refractivity contribution is 7.89. The average Bonchev–Trinajstić information content (AvgIpc) is 3.30. The zero-order valence-corrected chi connectivity index (χ0v) is 18.2. The number of hydrogen-bond acceptors (Lipinski definition) is 10. The third-order valence-electron chi connectivity index (χ3n) is 5.10. The van der Waals surface area contributed by atoms with Gasteiger partial charge >= 0.3 is 5.97 Å². The lowest BCUT2D eigenvalue weighted by Crippen LogP contribution is -2.49. The summed E-state index contributed by atoms with van der Waals surface area (Å²) in [6.45, 7) is 4.40. The first kappa shape index (κ1) is 21.0. The van der Waals surface area contributed by atoms with Gasteiger partial charge in [-0.2, -0.15) is 9.29 Å². The standard InChI is InChI=1S/C18H23N5O5S2/c1-27-17(24)16-14(3-13-29-16)30(25,26)23-7-5-21(6-8-23)15-2-4-19-18(20-15)22-9-11-28-12-10-22/h2-4,13H,5-12H2,1H3. The van der Waals surface area contributed by atoms with Crippen LogP contribution < -0.4 is 9.80 Å². The van der Waals surface area contributed by atoms with Crippen LogP contribution in [0.15, 0.2) is 28.6 Å². The molecule has 0 N–H and O–H groups in total. The molecular formula is C18H23N5O5S2. The summed E-state index contributed by atoms with van der Waals surface area (Å²) in [6, 6.07) is 3.29. The van der Waals surface area contributed by atoms with Crippen LogP contribution in [0.25, 0.3) is 0 Å². The fourth-order valence-electron chi connectivity index (χ4n) is 3.47. The van der Waals surface area contributed by atoms with Gasteiger partial charge in [0.2, 0.25) is 16.0 Å². The molecule has 4 heterocycles. The van der Waals surface area contributed by atoms with Crippen molar-refractivity contribution in [3.63, 3.8) is 0 Å². The van der Waals surface area contributed by atoms with Crippen LogP contribution in [0.2, 0.25) is 0 Å². The minimum atomic E-state index is -3.77. The predicted molar refractivity (Wildman–Crippen MR) is 112 cm³/mol. The lowest BCUT2D eigenvalue weighted by molar-refractivity contribution is 0.0602. The third kappa shape index (κ3) is 4.13. The lowest BCUT2D eigenvalue weighted by atomic mass is 10.3. The first-order valence-electron chi connectivity index (χ1n) is 9.57. The third-order valence-corrected chi connectivity index (χ3v) is 8.07. The van der Waals surface area contributed by atoms with Crippen molar-refractivity contribution >= 4 is 39.1 Å². The Morgan fingerprint density at radius 1 is 1.10 bits per heavy atom. The number of sulfonamides is 1. The molecule has 2 aromatic rings. The number of ether oxygens (including phenoxy) is 2. The number of piperazine rings is 1. The maximum Gasteiger partial charge on any atom is 0.349 e. The molecular weight excluding hydrogens is 430 g/mol. The van der Waals surface area contributed by atoms with Gasteiger partial charge in [0.05, 0.1) is 20.3 Å². The number of esters is 1. The summed E-state index contributed by atoms with van der Waals surface area (Å²) in [5.41, 5.74) is 0. The minimum absolute atomic E-state index is 0.00411. The monoisotopic (exact) mass is 453 g/mol. The van der Waals surface area contributed by atoms with Crippen LogP contribution in [-0.2, 0) is 19.5 Å². The van der Waals surface area contributed by atoms with Crippen LogP contribution in [0, 0.1) is 0 Å². The fourth-order valence-corrected chi connectivity index (χ4v) is 6.20. The molecule has 0 saturated carbocycles. The summed E-state index contributed by atoms with van der Waals surface area (Å²) in [7, 11) is -2.53. The van der Waals surface area contributed by atoms with Crippen LogP contribution in [0.4, 0.5) is 11.8 Å². The quantitative estimate of drug-likeness (QED) is 0.604. The highest BCUT2D eigenvalue weighted by atomic mass is 32.2. The Hall–Kier alpha value is -2.28. The zero-order valence-electron chi connectivity index (χ0n) is 16.6. The van der Waals surface area contributed by atoms with Crippen LogP contribution in [0.1, 0.15) is 9.67 Å². The molecule has 162 valence electrons. The van der Waals surface area contributed by atoms with E-state index in [1.165, 1.54) is 17.5 Å². The first-order valence-corrected chi connectivity index (χ1v) is 11.9. The number of anilines is 2. The molecule has 0 spiro atoms. The number of nitrogens with zero attached hydrogens (tertiary/aromatic N) is 5. The predicted octanol–water partition coefficient (Wildman–Crippen LogP) is 0.672. The van der Waals surface area contributed by atoms with E-state index in [0.717, 1.165) is 30.2 Å². The molecule has 0 bridgehead atoms. The second-order valence-electron chi connectivity index (χ2n) is 6.81. The van der Waals surface area contributed by atoms with Gasteiger partial charge in [-0.25, -0.2) is 18.2 Å². The van der Waals surface area contributed by atoms with Crippen molar-refractivity contribution in [3.8, 4) is 0 Å². The molecule has 0 amide bonds. The van der Waals surface area contributed by atoms with E-state index in [1.807, 2.05) is 11.0 Å². The van der Waals surface area contributed by atoms with Crippen molar-refractivity contribution in [3.05, 3.63) is 28.6 Å². The summed E-state index contributed by atoms with van der Waals surface area (Å²) in [6.07, 6.45) is 1.73. The second kappa shape index (κ2) is 8.84. The summed E-state index contributed by atoms with van der Waals surface area (Å²) < 4.78 is 37.6. The Kier molecular flexibility index (Phi) is 6.18. The Morgan fingerprint density at radius 3 is 2.53 bits per heavy atom. The van der Waals surface area contributed by atoms with Gasteiger partial charge in [-0.05, 0) is 17.5 Å². The van der Waals surface area contributed by atoms with E-state index in [2.05, 4.69) is 14.9 Å². The van der Waals surface area contributed by atoms with Crippen molar-refractivity contribution in [2.45, 2.75) is 4.90 Å². The SMILES string of the molecule is COC(=O)c1sccc1S(=O)(=O)N1CCN(c2ccnc(N3CCOCC3)n2)CC1. The Bertz CT molecular complexity index is 998. The summed E-state index contributed by atoms with van der Waals surface area (Å²) >= 11 is 1.06. The minimum Gasteiger partial charge on any atom is -0.465 e. The molecule has 4 rings (SSSR count). The topological polar surface area (TPSA) is 105 Å². The van der Waals surface area contributed by atoms with E-state index >= 15 is 0 Å². The molecule has 2 aromatic heterocycles. The molecule has 2 fully saturated rings. The first-order chi connectivity index (χ1) is 14.5. The van der Waals surface area contributed by atoms with Crippen LogP contribution >= 0.6 is 11.3 Å². The van der Waals surface area contributed by atoms with Gasteiger partial charge in [0.25, 0.3) is 0 Å². The van der Waals surface area contributed by atoms with Gasteiger partial charge in [-0.3, -0.25) is 0 Å². The van der Waals surface area contributed by atoms with E-state index in [-0.39, 0.29) is 9.77 Å². The number of morpholine rings is 1. The van der Waals surface area contributed by atoms with Gasteiger partial charge in [0.15, 0.2) is 0 Å². The van der Waals surface area contributed by atoms with Crippen LogP contribution in [0.5, 0.6) is 0 Å². The molecule has 0 aliphatic carbocycles. The van der Waals surface area contributed by atoms with E-state index < -0.39 is 16.0 Å². The maximum atomic E-state index is 13.1. The molecule has 2 aliphatic rings. The van der Waals surface area contributed by atoms with Gasteiger partial charge in [-0.1, -0.05) is 0 Å². The summed E-state index contributed by atoms with van der Waals surface area (Å²) in [5.74, 6) is 0.792. The molecule has 30 heavy (non-hydrogen) atoms. The smallest absolute Gasteiger partial charge is 0.349 e. The number of carbonyl (C=O) groups is 1. The lowest BCUT2D eigenvalue weighted by Gasteiger charge is -2.35. The van der Waals surface area contributed by atoms with E-state index in [4.69, 9.17) is 9.47 Å². The average molecular weight is 454 g/mol. The number of hydrogen-bond donors (Lipinski definition) is 0. The number of thiophene rings is 1. The second-order valence-corrected chi connectivity index (χ2v) is 9.63. The molecule has 0 radical (unpaired) electrons. The van der Waals surface area contributed by atoms with E-state index in [0.29, 0.717) is 45.3 Å². The van der Waals surface area contributed by atoms with Crippen LogP contribution in [0.3, 0.4) is 0 Å². The van der Waals surface area contributed by atoms with E-state index in [1.54, 1.807) is 11.6 Å². The maximum absolute atomic E-state index is 13.1. The molecule has 0 unspecified atom stereocenters. The number of methoxy groups -OCH3 is 1. The fraction of sp³-hybridized carbons (Fsp3) is 0.500. The highest BCUT2D eigenvalue weighted by Crippen LogP contribution is 2.27. The normalized spacial score (nSPS) is 18.4. The van der Waals surface area contributed by atoms with Crippen LogP contribution in [-0.4, -0.2) is 88.3 Å². The van der Waals surface area contributed by atoms with Crippen molar-refractivity contribution in [1.29, 1.82) is 0 Å². The zero-order chi connectivity index (χ0) is 21.1. The number of carbonyl (C=O) groups excluding carboxylic acids is 1. The van der Waals surface area contributed by atoms with Gasteiger partial charge < -0.3 is 19.3 Å². The summed E-state index contributed by atoms with van der Waals surface area (Å²) in [5, 5.41) is 1.59. The van der Waals surface area contributed by atoms with Crippen molar-refractivity contribution in [2.75, 3.05) is 69.4 Å². The number of aromatic nitrogens is 2. The van der Waals surface area contributed by atoms with Crippen molar-refractivity contribution < 1.29 is 22.7 Å². The van der Waals surface area contributed by atoms with Crippen molar-refractivity contribution in [1.82, 2.24) is 14.3 Å². The number of rotatable bonds is 5. The Labute approximate surface area is 179 Å². The molecule has 10 nitrogen and oxygen atoms in total. The molecule has 0 atom stereocenters.